The Hall–Kier alpha value is -3.08. The Morgan fingerprint density at radius 1 is 0.893 bits per heavy atom. The first kappa shape index (κ1) is 19.7. The van der Waals surface area contributed by atoms with Gasteiger partial charge in [0.1, 0.15) is 11.6 Å². The molecule has 146 valence electrons. The zero-order chi connectivity index (χ0) is 20.1. The first-order valence-corrected chi connectivity index (χ1v) is 9.55. The van der Waals surface area contributed by atoms with Gasteiger partial charge in [-0.1, -0.05) is 30.3 Å². The summed E-state index contributed by atoms with van der Waals surface area (Å²) in [6.07, 6.45) is 0.149. The minimum absolute atomic E-state index is 0.102. The second-order valence-electron chi connectivity index (χ2n) is 8.02. The third kappa shape index (κ3) is 5.71. The van der Waals surface area contributed by atoms with Gasteiger partial charge in [0, 0.05) is 22.9 Å². The van der Waals surface area contributed by atoms with Crippen molar-refractivity contribution in [2.75, 3.05) is 10.6 Å². The lowest BCUT2D eigenvalue weighted by Gasteiger charge is -2.22. The van der Waals surface area contributed by atoms with E-state index in [-0.39, 0.29) is 11.6 Å². The summed E-state index contributed by atoms with van der Waals surface area (Å²) in [6, 6.07) is 19.9. The Labute approximate surface area is 167 Å². The molecule has 0 spiro atoms. The van der Waals surface area contributed by atoms with Crippen molar-refractivity contribution >= 4 is 17.5 Å². The van der Waals surface area contributed by atoms with Crippen LogP contribution in [-0.4, -0.2) is 21.6 Å². The minimum Gasteiger partial charge on any atom is -0.491 e. The highest BCUT2D eigenvalue weighted by molar-refractivity contribution is 5.66. The predicted molar refractivity (Wildman–Crippen MR) is 116 cm³/mol. The average molecular weight is 377 g/mol. The second-order valence-corrected chi connectivity index (χ2v) is 8.02. The van der Waals surface area contributed by atoms with Gasteiger partial charge < -0.3 is 15.4 Å². The van der Waals surface area contributed by atoms with Crippen molar-refractivity contribution < 1.29 is 4.74 Å². The summed E-state index contributed by atoms with van der Waals surface area (Å²) in [7, 11) is 0. The van der Waals surface area contributed by atoms with Gasteiger partial charge >= 0.3 is 0 Å². The standard InChI is InChI=1S/C23H28N4O/c1-16(2)28-19-13-11-18(12-14-19)24-22-25-20(17-9-7-6-8-10-17)15-21(26-22)27-23(3,4)5/h6-16H,1-5H3,(H2,24,25,26,27). The van der Waals surface area contributed by atoms with Gasteiger partial charge in [-0.25, -0.2) is 4.98 Å². The molecule has 0 fully saturated rings. The van der Waals surface area contributed by atoms with Crippen molar-refractivity contribution in [3.8, 4) is 17.0 Å². The van der Waals surface area contributed by atoms with E-state index < -0.39 is 0 Å². The van der Waals surface area contributed by atoms with Crippen LogP contribution in [0.4, 0.5) is 17.5 Å². The van der Waals surface area contributed by atoms with E-state index >= 15 is 0 Å². The van der Waals surface area contributed by atoms with Crippen LogP contribution in [0.15, 0.2) is 60.7 Å². The number of nitrogens with zero attached hydrogens (tertiary/aromatic N) is 2. The summed E-state index contributed by atoms with van der Waals surface area (Å²) in [4.78, 5) is 9.35. The number of anilines is 3. The fraction of sp³-hybridized carbons (Fsp3) is 0.304. The van der Waals surface area contributed by atoms with Crippen LogP contribution in [-0.2, 0) is 0 Å². The van der Waals surface area contributed by atoms with Crippen molar-refractivity contribution in [1.82, 2.24) is 9.97 Å². The van der Waals surface area contributed by atoms with Crippen molar-refractivity contribution in [3.05, 3.63) is 60.7 Å². The SMILES string of the molecule is CC(C)Oc1ccc(Nc2nc(NC(C)(C)C)cc(-c3ccccc3)n2)cc1. The average Bonchev–Trinajstić information content (AvgIpc) is 2.62. The molecular formula is C23H28N4O. The monoisotopic (exact) mass is 376 g/mol. The molecule has 0 aliphatic rings. The molecule has 1 aromatic heterocycles. The third-order valence-corrected chi connectivity index (χ3v) is 3.78. The maximum atomic E-state index is 5.70. The van der Waals surface area contributed by atoms with Crippen LogP contribution >= 0.6 is 0 Å². The lowest BCUT2D eigenvalue weighted by molar-refractivity contribution is 0.242. The summed E-state index contributed by atoms with van der Waals surface area (Å²) >= 11 is 0. The lowest BCUT2D eigenvalue weighted by atomic mass is 10.1. The van der Waals surface area contributed by atoms with Crippen LogP contribution in [0.1, 0.15) is 34.6 Å². The predicted octanol–water partition coefficient (Wildman–Crippen LogP) is 5.88. The number of hydrogen-bond acceptors (Lipinski definition) is 5. The Kier molecular flexibility index (Phi) is 5.83. The Morgan fingerprint density at radius 3 is 2.18 bits per heavy atom. The summed E-state index contributed by atoms with van der Waals surface area (Å²) in [5.41, 5.74) is 2.72. The molecule has 0 amide bonds. The quantitative estimate of drug-likeness (QED) is 0.562. The van der Waals surface area contributed by atoms with E-state index in [1.165, 1.54) is 0 Å². The van der Waals surface area contributed by atoms with E-state index in [4.69, 9.17) is 9.72 Å². The molecule has 3 rings (SSSR count). The van der Waals surface area contributed by atoms with E-state index in [0.717, 1.165) is 28.5 Å². The van der Waals surface area contributed by atoms with E-state index in [0.29, 0.717) is 5.95 Å². The molecule has 28 heavy (non-hydrogen) atoms. The smallest absolute Gasteiger partial charge is 0.229 e. The topological polar surface area (TPSA) is 59.1 Å². The molecule has 0 atom stereocenters. The maximum Gasteiger partial charge on any atom is 0.229 e. The fourth-order valence-corrected chi connectivity index (χ4v) is 2.73. The van der Waals surface area contributed by atoms with Crippen LogP contribution < -0.4 is 15.4 Å². The van der Waals surface area contributed by atoms with Crippen LogP contribution in [0.3, 0.4) is 0 Å². The van der Waals surface area contributed by atoms with Gasteiger partial charge in [-0.2, -0.15) is 4.98 Å². The van der Waals surface area contributed by atoms with Crippen LogP contribution in [0.2, 0.25) is 0 Å². The summed E-state index contributed by atoms with van der Waals surface area (Å²) in [5, 5.41) is 6.74. The van der Waals surface area contributed by atoms with E-state index in [1.807, 2.05) is 74.5 Å². The molecule has 0 aliphatic carbocycles. The molecule has 3 aromatic rings. The number of nitrogens with one attached hydrogen (secondary N) is 2. The van der Waals surface area contributed by atoms with Crippen molar-refractivity contribution in [3.63, 3.8) is 0 Å². The van der Waals surface area contributed by atoms with Crippen molar-refractivity contribution in [1.29, 1.82) is 0 Å². The number of aromatic nitrogens is 2. The zero-order valence-corrected chi connectivity index (χ0v) is 17.2. The van der Waals surface area contributed by atoms with Gasteiger partial charge in [0.25, 0.3) is 0 Å². The highest BCUT2D eigenvalue weighted by atomic mass is 16.5. The normalized spacial score (nSPS) is 11.4. The highest BCUT2D eigenvalue weighted by Crippen LogP contribution is 2.25. The lowest BCUT2D eigenvalue weighted by Crippen LogP contribution is -2.26. The number of ether oxygens (including phenoxy) is 1. The third-order valence-electron chi connectivity index (χ3n) is 3.78. The van der Waals surface area contributed by atoms with Crippen molar-refractivity contribution in [2.24, 2.45) is 0 Å². The van der Waals surface area contributed by atoms with Gasteiger partial charge in [-0.3, -0.25) is 0 Å². The van der Waals surface area contributed by atoms with Crippen LogP contribution in [0, 0.1) is 0 Å². The first-order valence-electron chi connectivity index (χ1n) is 9.55. The van der Waals surface area contributed by atoms with Gasteiger partial charge in [-0.05, 0) is 58.9 Å². The molecule has 2 aromatic carbocycles. The number of hydrogen-bond donors (Lipinski definition) is 2. The zero-order valence-electron chi connectivity index (χ0n) is 17.2. The molecule has 2 N–H and O–H groups in total. The van der Waals surface area contributed by atoms with Gasteiger partial charge in [-0.15, -0.1) is 0 Å². The molecule has 5 heteroatoms. The summed E-state index contributed by atoms with van der Waals surface area (Å²) in [5.74, 6) is 2.17. The molecular weight excluding hydrogens is 348 g/mol. The van der Waals surface area contributed by atoms with Gasteiger partial charge in [0.15, 0.2) is 0 Å². The fourth-order valence-electron chi connectivity index (χ4n) is 2.73. The Morgan fingerprint density at radius 2 is 1.57 bits per heavy atom. The first-order chi connectivity index (χ1) is 13.3. The summed E-state index contributed by atoms with van der Waals surface area (Å²) in [6.45, 7) is 10.4. The molecule has 0 saturated carbocycles. The van der Waals surface area contributed by atoms with Gasteiger partial charge in [0.05, 0.1) is 11.8 Å². The molecule has 0 aliphatic heterocycles. The largest absolute Gasteiger partial charge is 0.491 e. The van der Waals surface area contributed by atoms with Crippen LogP contribution in [0.5, 0.6) is 5.75 Å². The molecule has 0 unspecified atom stereocenters. The van der Waals surface area contributed by atoms with Gasteiger partial charge in [0.2, 0.25) is 5.95 Å². The molecule has 0 bridgehead atoms. The molecule has 0 saturated heterocycles. The van der Waals surface area contributed by atoms with E-state index in [9.17, 15) is 0 Å². The molecule has 1 heterocycles. The Balaban J connectivity index is 1.89. The highest BCUT2D eigenvalue weighted by Gasteiger charge is 2.13. The van der Waals surface area contributed by atoms with Crippen molar-refractivity contribution in [2.45, 2.75) is 46.3 Å². The summed E-state index contributed by atoms with van der Waals surface area (Å²) < 4.78 is 5.70. The Bertz CT molecular complexity index is 900. The molecule has 5 nitrogen and oxygen atoms in total. The number of rotatable bonds is 6. The van der Waals surface area contributed by atoms with Crippen LogP contribution in [0.25, 0.3) is 11.3 Å². The number of benzene rings is 2. The maximum absolute atomic E-state index is 5.70. The van der Waals surface area contributed by atoms with E-state index in [1.54, 1.807) is 0 Å². The van der Waals surface area contributed by atoms with E-state index in [2.05, 4.69) is 36.4 Å². The minimum atomic E-state index is -0.102. The second kappa shape index (κ2) is 8.30. The molecule has 0 radical (unpaired) electrons.